The Kier molecular flexibility index (Phi) is 8.65. The largest absolute Gasteiger partial charge is 0.491 e. The highest BCUT2D eigenvalue weighted by atomic mass is 127. The molecule has 0 aliphatic carbocycles. The number of amides is 3. The molecule has 3 atom stereocenters. The summed E-state index contributed by atoms with van der Waals surface area (Å²) in [5.74, 6) is 0.172. The lowest BCUT2D eigenvalue weighted by Gasteiger charge is -2.29. The second-order valence-corrected chi connectivity index (χ2v) is 11.3. The number of hydrogen-bond acceptors (Lipinski definition) is 5. The molecule has 0 bridgehead atoms. The normalized spacial score (nSPS) is 16.6. The molecule has 0 radical (unpaired) electrons. The minimum absolute atomic E-state index is 0.108. The molecule has 3 aromatic carbocycles. The number of hydrogen-bond donors (Lipinski definition) is 3. The maximum atomic E-state index is 13.9. The van der Waals surface area contributed by atoms with Gasteiger partial charge in [0.15, 0.2) is 0 Å². The lowest BCUT2D eigenvalue weighted by atomic mass is 9.91. The van der Waals surface area contributed by atoms with Crippen molar-refractivity contribution in [1.29, 1.82) is 0 Å². The summed E-state index contributed by atoms with van der Waals surface area (Å²) in [7, 11) is 0. The molecule has 0 spiro atoms. The molecular weight excluding hydrogens is 666 g/mol. The summed E-state index contributed by atoms with van der Waals surface area (Å²) in [4.78, 5) is 36.4. The van der Waals surface area contributed by atoms with E-state index in [1.165, 1.54) is 4.90 Å². The van der Waals surface area contributed by atoms with Crippen LogP contribution in [0.15, 0.2) is 72.8 Å². The van der Waals surface area contributed by atoms with Crippen LogP contribution >= 0.6 is 45.8 Å². The van der Waals surface area contributed by atoms with Crippen LogP contribution in [0.4, 0.5) is 4.79 Å². The number of carbonyl (C=O) groups is 2. The van der Waals surface area contributed by atoms with Crippen molar-refractivity contribution in [2.75, 3.05) is 13.2 Å². The van der Waals surface area contributed by atoms with Crippen LogP contribution < -0.4 is 10.1 Å². The number of nitrogens with one attached hydrogen (secondary N) is 2. The number of nitrogens with zero attached hydrogens (tertiary/aromatic N) is 2. The minimum Gasteiger partial charge on any atom is -0.491 e. The fourth-order valence-electron chi connectivity index (χ4n) is 4.79. The molecule has 0 saturated carbocycles. The minimum atomic E-state index is -0.889. The van der Waals surface area contributed by atoms with Gasteiger partial charge in [0.2, 0.25) is 0 Å². The van der Waals surface area contributed by atoms with Gasteiger partial charge in [-0.25, -0.2) is 9.78 Å². The smallest absolute Gasteiger partial charge is 0.325 e. The van der Waals surface area contributed by atoms with Crippen molar-refractivity contribution >= 4 is 57.7 Å². The molecule has 4 aromatic rings. The van der Waals surface area contributed by atoms with Gasteiger partial charge in [-0.1, -0.05) is 78.7 Å². The standard InChI is InChI=1S/C29H25Cl2IN4O4/c1-16(17-5-3-2-4-6-17)25(27-33-24(26(31)35-27)21-12-9-19(32)15-22(21)30)36-28(38)23(34-29(36)39)18-7-10-20(11-8-18)40-14-13-37/h2-12,15-16,23,25,37H,13-14H2,1H3,(H,33,35)(H,34,39)/t16-,23+,25-/m0/s1. The number of rotatable bonds is 9. The third-order valence-corrected chi connectivity index (χ3v) is 8.02. The molecule has 11 heteroatoms. The Morgan fingerprint density at radius 1 is 1.07 bits per heavy atom. The van der Waals surface area contributed by atoms with Gasteiger partial charge < -0.3 is 20.1 Å². The van der Waals surface area contributed by atoms with Gasteiger partial charge in [-0.15, -0.1) is 0 Å². The van der Waals surface area contributed by atoms with Crippen molar-refractivity contribution in [3.63, 3.8) is 0 Å². The van der Waals surface area contributed by atoms with E-state index in [1.807, 2.05) is 55.5 Å². The van der Waals surface area contributed by atoms with Crippen molar-refractivity contribution in [2.45, 2.75) is 24.9 Å². The van der Waals surface area contributed by atoms with Crippen LogP contribution in [0.5, 0.6) is 5.75 Å². The molecule has 5 rings (SSSR count). The first-order valence-electron chi connectivity index (χ1n) is 12.5. The molecule has 2 heterocycles. The fraction of sp³-hybridized carbons (Fsp3) is 0.207. The molecule has 40 heavy (non-hydrogen) atoms. The second-order valence-electron chi connectivity index (χ2n) is 9.28. The summed E-state index contributed by atoms with van der Waals surface area (Å²) >= 11 is 15.3. The Bertz CT molecular complexity index is 1530. The number of aliphatic hydroxyl groups is 1. The van der Waals surface area contributed by atoms with E-state index in [0.29, 0.717) is 33.4 Å². The van der Waals surface area contributed by atoms with Crippen molar-refractivity contribution in [3.8, 4) is 17.0 Å². The number of ether oxygens (including phenoxy) is 1. The van der Waals surface area contributed by atoms with E-state index in [-0.39, 0.29) is 24.3 Å². The SMILES string of the molecule is C[C@@H](c1ccccc1)[C@@H](c1nc(-c2ccc(I)cc2Cl)c(Cl)[nH]1)N1C(=O)N[C@H](c2ccc(OCCO)cc2)C1=O. The highest BCUT2D eigenvalue weighted by Gasteiger charge is 2.46. The van der Waals surface area contributed by atoms with Gasteiger partial charge in [0.25, 0.3) is 5.91 Å². The number of halogens is 3. The highest BCUT2D eigenvalue weighted by molar-refractivity contribution is 14.1. The molecule has 1 aliphatic heterocycles. The molecule has 3 N–H and O–H groups in total. The lowest BCUT2D eigenvalue weighted by molar-refractivity contribution is -0.129. The first kappa shape index (κ1) is 28.4. The highest BCUT2D eigenvalue weighted by Crippen LogP contribution is 2.41. The topological polar surface area (TPSA) is 108 Å². The average Bonchev–Trinajstić information content (AvgIpc) is 3.47. The van der Waals surface area contributed by atoms with Crippen LogP contribution in [0.1, 0.15) is 41.9 Å². The van der Waals surface area contributed by atoms with E-state index in [2.05, 4.69) is 32.9 Å². The molecule has 8 nitrogen and oxygen atoms in total. The number of imidazole rings is 1. The van der Waals surface area contributed by atoms with E-state index < -0.39 is 24.0 Å². The predicted molar refractivity (Wildman–Crippen MR) is 162 cm³/mol. The quantitative estimate of drug-likeness (QED) is 0.137. The van der Waals surface area contributed by atoms with Gasteiger partial charge in [0, 0.05) is 15.1 Å². The lowest BCUT2D eigenvalue weighted by Crippen LogP contribution is -2.38. The van der Waals surface area contributed by atoms with E-state index in [9.17, 15) is 9.59 Å². The van der Waals surface area contributed by atoms with Gasteiger partial charge >= 0.3 is 6.03 Å². The van der Waals surface area contributed by atoms with Crippen molar-refractivity contribution in [2.24, 2.45) is 0 Å². The number of aromatic amines is 1. The summed E-state index contributed by atoms with van der Waals surface area (Å²) in [6.45, 7) is 1.99. The predicted octanol–water partition coefficient (Wildman–Crippen LogP) is 6.50. The zero-order chi connectivity index (χ0) is 28.4. The van der Waals surface area contributed by atoms with Gasteiger partial charge in [-0.05, 0) is 58.0 Å². The van der Waals surface area contributed by atoms with Crippen molar-refractivity contribution in [1.82, 2.24) is 20.2 Å². The Balaban J connectivity index is 1.53. The molecule has 0 unspecified atom stereocenters. The molecular formula is C29H25Cl2IN4O4. The summed E-state index contributed by atoms with van der Waals surface area (Å²) in [6, 6.07) is 19.8. The molecule has 1 saturated heterocycles. The Labute approximate surface area is 254 Å². The third-order valence-electron chi connectivity index (χ3n) is 6.77. The fourth-order valence-corrected chi connectivity index (χ4v) is 5.98. The number of urea groups is 1. The summed E-state index contributed by atoms with van der Waals surface area (Å²) in [5, 5.41) is 12.5. The van der Waals surface area contributed by atoms with Crippen molar-refractivity contribution in [3.05, 3.63) is 103 Å². The van der Waals surface area contributed by atoms with Crippen LogP contribution in [-0.2, 0) is 4.79 Å². The molecule has 1 aromatic heterocycles. The van der Waals surface area contributed by atoms with Gasteiger partial charge in [-0.2, -0.15) is 0 Å². The van der Waals surface area contributed by atoms with Gasteiger partial charge in [0.1, 0.15) is 41.1 Å². The zero-order valence-electron chi connectivity index (χ0n) is 21.3. The van der Waals surface area contributed by atoms with E-state index in [4.69, 9.17) is 38.0 Å². The van der Waals surface area contributed by atoms with Crippen molar-refractivity contribution < 1.29 is 19.4 Å². The number of carbonyl (C=O) groups excluding carboxylic acids is 2. The van der Waals surface area contributed by atoms with E-state index in [0.717, 1.165) is 9.13 Å². The van der Waals surface area contributed by atoms with Gasteiger partial charge in [-0.3, -0.25) is 9.69 Å². The second kappa shape index (κ2) is 12.2. The number of aliphatic hydroxyl groups excluding tert-OH is 1. The molecule has 3 amide bonds. The van der Waals surface area contributed by atoms with Crippen LogP contribution in [0.25, 0.3) is 11.3 Å². The Hall–Kier alpha value is -3.12. The summed E-state index contributed by atoms with van der Waals surface area (Å²) < 4.78 is 6.38. The first-order valence-corrected chi connectivity index (χ1v) is 14.3. The van der Waals surface area contributed by atoms with Crippen LogP contribution in [0, 0.1) is 3.57 Å². The first-order chi connectivity index (χ1) is 19.3. The van der Waals surface area contributed by atoms with E-state index in [1.54, 1.807) is 24.3 Å². The number of aromatic nitrogens is 2. The molecule has 206 valence electrons. The summed E-state index contributed by atoms with van der Waals surface area (Å²) in [5.41, 5.74) is 2.60. The van der Waals surface area contributed by atoms with Crippen LogP contribution in [0.2, 0.25) is 10.2 Å². The Morgan fingerprint density at radius 3 is 2.48 bits per heavy atom. The number of imide groups is 1. The number of benzene rings is 3. The maximum Gasteiger partial charge on any atom is 0.325 e. The van der Waals surface area contributed by atoms with Gasteiger partial charge in [0.05, 0.1) is 11.6 Å². The van der Waals surface area contributed by atoms with Crippen LogP contribution in [-0.4, -0.2) is 45.1 Å². The third kappa shape index (κ3) is 5.69. The molecule has 1 fully saturated rings. The zero-order valence-corrected chi connectivity index (χ0v) is 24.9. The number of H-pyrrole nitrogens is 1. The average molecular weight is 691 g/mol. The summed E-state index contributed by atoms with van der Waals surface area (Å²) in [6.07, 6.45) is 0. The molecule has 1 aliphatic rings. The maximum absolute atomic E-state index is 13.9. The monoisotopic (exact) mass is 690 g/mol. The Morgan fingerprint density at radius 2 is 1.80 bits per heavy atom. The van der Waals surface area contributed by atoms with E-state index >= 15 is 0 Å². The van der Waals surface area contributed by atoms with Crippen LogP contribution in [0.3, 0.4) is 0 Å².